The SMILES string of the molecule is C[C@@H]1OC[C@@H](O[C@@H]2OC[C@@H](O[C@@H]3OC[C@@H](O[C@@H]4OC[C@@H](O)C(O)[C@@H]4O)C(O)C3O[C@@H]3O[C@@H](CO)C(O)C3O)C(O)C2O)C(O)C1O. The summed E-state index contributed by atoms with van der Waals surface area (Å²) in [6, 6.07) is 0. The topological polar surface area (TPSA) is 306 Å². The first-order valence-electron chi connectivity index (χ1n) is 15.0. The van der Waals surface area contributed by atoms with E-state index in [0.29, 0.717) is 0 Å². The Morgan fingerprint density at radius 1 is 0.478 bits per heavy atom. The highest BCUT2D eigenvalue weighted by molar-refractivity contribution is 4.94. The second-order valence-corrected chi connectivity index (χ2v) is 12.0. The molecule has 5 heterocycles. The van der Waals surface area contributed by atoms with Crippen LogP contribution < -0.4 is 0 Å². The van der Waals surface area contributed by atoms with E-state index >= 15 is 0 Å². The van der Waals surface area contributed by atoms with Crippen molar-refractivity contribution in [3.63, 3.8) is 0 Å². The Morgan fingerprint density at radius 3 is 1.57 bits per heavy atom. The van der Waals surface area contributed by atoms with E-state index in [1.54, 1.807) is 6.92 Å². The van der Waals surface area contributed by atoms with E-state index in [-0.39, 0.29) is 13.2 Å². The predicted molar refractivity (Wildman–Crippen MR) is 140 cm³/mol. The third-order valence-electron chi connectivity index (χ3n) is 8.75. The molecular formula is C26H44O20. The third kappa shape index (κ3) is 7.51. The Morgan fingerprint density at radius 2 is 0.957 bits per heavy atom. The van der Waals surface area contributed by atoms with Crippen molar-refractivity contribution < 1.29 is 98.8 Å². The number of hydrogen-bond acceptors (Lipinski definition) is 20. The molecule has 0 spiro atoms. The zero-order valence-corrected chi connectivity index (χ0v) is 24.7. The minimum atomic E-state index is -1.74. The lowest BCUT2D eigenvalue weighted by Gasteiger charge is -2.46. The van der Waals surface area contributed by atoms with Gasteiger partial charge in [-0.2, -0.15) is 0 Å². The van der Waals surface area contributed by atoms with Gasteiger partial charge in [0.05, 0.1) is 39.1 Å². The Labute approximate surface area is 262 Å². The minimum Gasteiger partial charge on any atom is -0.394 e. The molecule has 5 aliphatic rings. The Kier molecular flexibility index (Phi) is 12.2. The second-order valence-electron chi connectivity index (χ2n) is 12.0. The zero-order valence-electron chi connectivity index (χ0n) is 24.7. The summed E-state index contributed by atoms with van der Waals surface area (Å²) >= 11 is 0. The van der Waals surface area contributed by atoms with Gasteiger partial charge in [0, 0.05) is 0 Å². The van der Waals surface area contributed by atoms with Crippen LogP contribution in [0.1, 0.15) is 6.92 Å². The normalized spacial score (nSPS) is 53.7. The van der Waals surface area contributed by atoms with Crippen molar-refractivity contribution in [2.24, 2.45) is 0 Å². The summed E-state index contributed by atoms with van der Waals surface area (Å²) in [5.74, 6) is 0. The van der Waals surface area contributed by atoms with Crippen molar-refractivity contribution in [2.75, 3.05) is 33.0 Å². The van der Waals surface area contributed by atoms with E-state index in [0.717, 1.165) is 0 Å². The summed E-state index contributed by atoms with van der Waals surface area (Å²) in [4.78, 5) is 0. The first kappa shape index (κ1) is 36.5. The van der Waals surface area contributed by atoms with Gasteiger partial charge >= 0.3 is 0 Å². The fourth-order valence-electron chi connectivity index (χ4n) is 5.75. The van der Waals surface area contributed by atoms with Crippen LogP contribution >= 0.6 is 0 Å². The predicted octanol–water partition coefficient (Wildman–Crippen LogP) is -7.66. The van der Waals surface area contributed by atoms with Crippen LogP contribution in [-0.2, 0) is 42.6 Å². The lowest BCUT2D eigenvalue weighted by atomic mass is 10.00. The van der Waals surface area contributed by atoms with Gasteiger partial charge in [-0.3, -0.25) is 0 Å². The van der Waals surface area contributed by atoms with E-state index < -0.39 is 143 Å². The average molecular weight is 677 g/mol. The fraction of sp³-hybridized carbons (Fsp3) is 1.00. The maximum atomic E-state index is 11.3. The van der Waals surface area contributed by atoms with E-state index in [4.69, 9.17) is 42.6 Å². The van der Waals surface area contributed by atoms with Crippen molar-refractivity contribution in [1.29, 1.82) is 0 Å². The van der Waals surface area contributed by atoms with E-state index in [1.165, 1.54) is 0 Å². The molecule has 5 aliphatic heterocycles. The molecule has 5 rings (SSSR count). The molecule has 20 nitrogen and oxygen atoms in total. The number of ether oxygens (including phenoxy) is 9. The highest BCUT2D eigenvalue weighted by Crippen LogP contribution is 2.32. The number of aliphatic hydroxyl groups excluding tert-OH is 11. The van der Waals surface area contributed by atoms with Crippen LogP contribution in [0.4, 0.5) is 0 Å². The van der Waals surface area contributed by atoms with Gasteiger partial charge in [0.2, 0.25) is 0 Å². The van der Waals surface area contributed by atoms with Crippen LogP contribution in [0.15, 0.2) is 0 Å². The highest BCUT2D eigenvalue weighted by Gasteiger charge is 2.52. The summed E-state index contributed by atoms with van der Waals surface area (Å²) in [7, 11) is 0. The smallest absolute Gasteiger partial charge is 0.187 e. The van der Waals surface area contributed by atoms with Crippen LogP contribution in [0, 0.1) is 0 Å². The molecule has 5 saturated heterocycles. The van der Waals surface area contributed by atoms with Gasteiger partial charge in [-0.25, -0.2) is 0 Å². The average Bonchev–Trinajstić information content (AvgIpc) is 3.31. The van der Waals surface area contributed by atoms with Gasteiger partial charge in [-0.15, -0.1) is 0 Å². The molecule has 0 saturated carbocycles. The Bertz CT molecular complexity index is 964. The van der Waals surface area contributed by atoms with Gasteiger partial charge in [-0.05, 0) is 6.92 Å². The maximum absolute atomic E-state index is 11.3. The van der Waals surface area contributed by atoms with Crippen LogP contribution in [0.3, 0.4) is 0 Å². The highest BCUT2D eigenvalue weighted by atomic mass is 16.8. The van der Waals surface area contributed by atoms with Gasteiger partial charge in [0.1, 0.15) is 91.6 Å². The number of aliphatic hydroxyl groups is 11. The molecule has 11 N–H and O–H groups in total. The van der Waals surface area contributed by atoms with Crippen LogP contribution in [0.2, 0.25) is 0 Å². The largest absolute Gasteiger partial charge is 0.394 e. The molecule has 0 aromatic heterocycles. The first-order chi connectivity index (χ1) is 21.8. The van der Waals surface area contributed by atoms with Crippen LogP contribution in [0.5, 0.6) is 0 Å². The zero-order chi connectivity index (χ0) is 33.4. The number of hydrogen-bond donors (Lipinski definition) is 11. The molecule has 0 bridgehead atoms. The number of rotatable bonds is 9. The quantitative estimate of drug-likeness (QED) is 0.108. The van der Waals surface area contributed by atoms with Crippen molar-refractivity contribution in [3.05, 3.63) is 0 Å². The van der Waals surface area contributed by atoms with Gasteiger partial charge in [0.25, 0.3) is 0 Å². The van der Waals surface area contributed by atoms with Crippen LogP contribution in [-0.4, -0.2) is 212 Å². The monoisotopic (exact) mass is 676 g/mol. The third-order valence-corrected chi connectivity index (χ3v) is 8.75. The molecule has 20 atom stereocenters. The summed E-state index contributed by atoms with van der Waals surface area (Å²) in [6.45, 7) is -0.475. The molecule has 0 amide bonds. The molecule has 20 heteroatoms. The molecule has 268 valence electrons. The van der Waals surface area contributed by atoms with Gasteiger partial charge in [-0.1, -0.05) is 0 Å². The molecule has 46 heavy (non-hydrogen) atoms. The maximum Gasteiger partial charge on any atom is 0.187 e. The Balaban J connectivity index is 1.25. The lowest BCUT2D eigenvalue weighted by Crippen LogP contribution is -2.63. The summed E-state index contributed by atoms with van der Waals surface area (Å²) in [6.07, 6.45) is -29.1. The Hall–Kier alpha value is -0.800. The fourth-order valence-corrected chi connectivity index (χ4v) is 5.75. The van der Waals surface area contributed by atoms with Crippen molar-refractivity contribution in [2.45, 2.75) is 130 Å². The minimum absolute atomic E-state index is 0.124. The van der Waals surface area contributed by atoms with Crippen molar-refractivity contribution in [3.8, 4) is 0 Å². The van der Waals surface area contributed by atoms with Gasteiger partial charge < -0.3 is 98.8 Å². The lowest BCUT2D eigenvalue weighted by molar-refractivity contribution is -0.369. The van der Waals surface area contributed by atoms with E-state index in [2.05, 4.69) is 0 Å². The van der Waals surface area contributed by atoms with Crippen LogP contribution in [0.25, 0.3) is 0 Å². The molecular weight excluding hydrogens is 632 g/mol. The molecule has 0 aromatic carbocycles. The summed E-state index contributed by atoms with van der Waals surface area (Å²) < 4.78 is 50.0. The van der Waals surface area contributed by atoms with Gasteiger partial charge in [0.15, 0.2) is 25.2 Å². The molecule has 0 aliphatic carbocycles. The van der Waals surface area contributed by atoms with Crippen molar-refractivity contribution >= 4 is 0 Å². The van der Waals surface area contributed by atoms with Crippen molar-refractivity contribution in [1.82, 2.24) is 0 Å². The first-order valence-corrected chi connectivity index (χ1v) is 15.0. The summed E-state index contributed by atoms with van der Waals surface area (Å²) in [5, 5.41) is 113. The van der Waals surface area contributed by atoms with E-state index in [1.807, 2.05) is 0 Å². The second kappa shape index (κ2) is 15.4. The van der Waals surface area contributed by atoms with E-state index in [9.17, 15) is 56.2 Å². The molecule has 5 fully saturated rings. The molecule has 0 aromatic rings. The standard InChI is InChI=1S/C26H44O20/c1-7-13(29)16(32)10(4-38-7)43-24-20(36)17(33)11(5-40-24)45-26-22(46-25-21(37)15(31)9(2-27)42-25)18(34)12(6-41-26)44-23-19(35)14(30)8(28)3-39-23/h7-37H,2-6H2,1H3/t7-,8+,9-,10+,11+,12+,13?,14?,15?,16?,17?,18?,19-,20?,21?,22?,23-,24-,25-,26-/m0/s1. The molecule has 9 unspecified atom stereocenters. The molecule has 0 radical (unpaired) electrons. The summed E-state index contributed by atoms with van der Waals surface area (Å²) in [5.41, 5.74) is 0.